The molecular formula is C12H24N2O2. The third kappa shape index (κ3) is 4.84. The smallest absolute Gasteiger partial charge is 0.317 e. The molecule has 4 nitrogen and oxygen atoms in total. The summed E-state index contributed by atoms with van der Waals surface area (Å²) in [6.07, 6.45) is 3.27. The van der Waals surface area contributed by atoms with Crippen LogP contribution >= 0.6 is 0 Å². The second-order valence-electron chi connectivity index (χ2n) is 4.48. The van der Waals surface area contributed by atoms with Crippen LogP contribution in [0, 0.1) is 5.92 Å². The number of piperidine rings is 1. The Morgan fingerprint density at radius 1 is 1.56 bits per heavy atom. The molecule has 0 radical (unpaired) electrons. The fourth-order valence-corrected chi connectivity index (χ4v) is 2.00. The quantitative estimate of drug-likeness (QED) is 0.730. The summed E-state index contributed by atoms with van der Waals surface area (Å²) in [5, 5.41) is 2.94. The van der Waals surface area contributed by atoms with Gasteiger partial charge in [0.15, 0.2) is 0 Å². The Kier molecular flexibility index (Phi) is 6.23. The zero-order valence-electron chi connectivity index (χ0n) is 10.5. The predicted molar refractivity (Wildman–Crippen MR) is 64.5 cm³/mol. The highest BCUT2D eigenvalue weighted by Gasteiger charge is 2.20. The average Bonchev–Trinajstić information content (AvgIpc) is 2.28. The summed E-state index contributed by atoms with van der Waals surface area (Å²) in [6.45, 7) is 8.18. The van der Waals surface area contributed by atoms with Crippen LogP contribution in [-0.2, 0) is 4.74 Å². The topological polar surface area (TPSA) is 41.6 Å². The van der Waals surface area contributed by atoms with Gasteiger partial charge in [-0.15, -0.1) is 0 Å². The van der Waals surface area contributed by atoms with Crippen LogP contribution in [0.4, 0.5) is 4.79 Å². The highest BCUT2D eigenvalue weighted by Crippen LogP contribution is 2.14. The molecule has 1 saturated heterocycles. The summed E-state index contributed by atoms with van der Waals surface area (Å²) in [6, 6.07) is 0.0862. The first-order chi connectivity index (χ1) is 7.74. The molecule has 94 valence electrons. The number of hydrogen-bond acceptors (Lipinski definition) is 2. The lowest BCUT2D eigenvalue weighted by atomic mass is 10.0. The largest absolute Gasteiger partial charge is 0.382 e. The van der Waals surface area contributed by atoms with E-state index in [1.165, 1.54) is 6.42 Å². The third-order valence-corrected chi connectivity index (χ3v) is 2.89. The summed E-state index contributed by atoms with van der Waals surface area (Å²) in [4.78, 5) is 13.7. The molecule has 1 N–H and O–H groups in total. The molecule has 1 aliphatic rings. The molecular weight excluding hydrogens is 204 g/mol. The predicted octanol–water partition coefficient (Wildman–Crippen LogP) is 1.85. The van der Waals surface area contributed by atoms with Crippen molar-refractivity contribution in [1.82, 2.24) is 10.2 Å². The van der Waals surface area contributed by atoms with Crippen LogP contribution in [-0.4, -0.2) is 43.8 Å². The third-order valence-electron chi connectivity index (χ3n) is 2.89. The van der Waals surface area contributed by atoms with Crippen LogP contribution in [0.3, 0.4) is 0 Å². The van der Waals surface area contributed by atoms with Crippen molar-refractivity contribution in [3.05, 3.63) is 0 Å². The van der Waals surface area contributed by atoms with E-state index >= 15 is 0 Å². The van der Waals surface area contributed by atoms with Gasteiger partial charge in [-0.25, -0.2) is 4.79 Å². The molecule has 2 amide bonds. The van der Waals surface area contributed by atoms with E-state index in [-0.39, 0.29) is 6.03 Å². The number of ether oxygens (including phenoxy) is 1. The molecule has 1 atom stereocenters. The lowest BCUT2D eigenvalue weighted by Gasteiger charge is -2.30. The summed E-state index contributed by atoms with van der Waals surface area (Å²) in [5.41, 5.74) is 0. The number of urea groups is 1. The maximum atomic E-state index is 11.8. The van der Waals surface area contributed by atoms with Crippen LogP contribution in [0.5, 0.6) is 0 Å². The molecule has 0 spiro atoms. The van der Waals surface area contributed by atoms with Crippen LogP contribution < -0.4 is 5.32 Å². The van der Waals surface area contributed by atoms with E-state index in [1.54, 1.807) is 0 Å². The maximum Gasteiger partial charge on any atom is 0.317 e. The molecule has 0 aromatic heterocycles. The van der Waals surface area contributed by atoms with Gasteiger partial charge in [0.2, 0.25) is 0 Å². The Labute approximate surface area is 98.3 Å². The van der Waals surface area contributed by atoms with Crippen molar-refractivity contribution in [1.29, 1.82) is 0 Å². The number of likely N-dealkylation sites (tertiary alicyclic amines) is 1. The van der Waals surface area contributed by atoms with Crippen molar-refractivity contribution >= 4 is 6.03 Å². The molecule has 1 unspecified atom stereocenters. The minimum atomic E-state index is 0.0862. The van der Waals surface area contributed by atoms with Gasteiger partial charge >= 0.3 is 6.03 Å². The summed E-state index contributed by atoms with van der Waals surface area (Å²) in [7, 11) is 0. The van der Waals surface area contributed by atoms with E-state index in [2.05, 4.69) is 12.2 Å². The van der Waals surface area contributed by atoms with Gasteiger partial charge in [0.25, 0.3) is 0 Å². The highest BCUT2D eigenvalue weighted by molar-refractivity contribution is 5.74. The minimum absolute atomic E-state index is 0.0862. The fourth-order valence-electron chi connectivity index (χ4n) is 2.00. The Balaban J connectivity index is 2.09. The maximum absolute atomic E-state index is 11.8. The van der Waals surface area contributed by atoms with E-state index in [0.29, 0.717) is 12.5 Å². The van der Waals surface area contributed by atoms with Gasteiger partial charge in [0, 0.05) is 32.8 Å². The van der Waals surface area contributed by atoms with Gasteiger partial charge in [0.1, 0.15) is 0 Å². The molecule has 1 fully saturated rings. The average molecular weight is 228 g/mol. The van der Waals surface area contributed by atoms with Gasteiger partial charge in [-0.3, -0.25) is 0 Å². The molecule has 0 aromatic rings. The van der Waals surface area contributed by atoms with E-state index in [1.807, 2.05) is 11.8 Å². The lowest BCUT2D eigenvalue weighted by molar-refractivity contribution is 0.142. The number of amides is 2. The Bertz CT molecular complexity index is 209. The molecule has 16 heavy (non-hydrogen) atoms. The summed E-state index contributed by atoms with van der Waals surface area (Å²) in [5.74, 6) is 0.642. The number of hydrogen-bond donors (Lipinski definition) is 1. The van der Waals surface area contributed by atoms with Crippen molar-refractivity contribution < 1.29 is 9.53 Å². The number of rotatable bonds is 5. The highest BCUT2D eigenvalue weighted by atomic mass is 16.5. The number of carbonyl (C=O) groups is 1. The summed E-state index contributed by atoms with van der Waals surface area (Å²) < 4.78 is 5.21. The Morgan fingerprint density at radius 2 is 2.38 bits per heavy atom. The van der Waals surface area contributed by atoms with Crippen molar-refractivity contribution in [2.75, 3.05) is 32.8 Å². The molecule has 1 rings (SSSR count). The normalized spacial score (nSPS) is 20.9. The van der Waals surface area contributed by atoms with Crippen molar-refractivity contribution in [2.45, 2.75) is 33.1 Å². The van der Waals surface area contributed by atoms with Crippen LogP contribution in [0.2, 0.25) is 0 Å². The molecule has 0 bridgehead atoms. The SMILES string of the molecule is CCOCCCNC(=O)N1CCCC(C)C1. The van der Waals surface area contributed by atoms with Crippen LogP contribution in [0.1, 0.15) is 33.1 Å². The number of carbonyl (C=O) groups excluding carboxylic acids is 1. The standard InChI is InChI=1S/C12H24N2O2/c1-3-16-9-5-7-13-12(15)14-8-4-6-11(2)10-14/h11H,3-10H2,1-2H3,(H,13,15). The number of nitrogens with zero attached hydrogens (tertiary/aromatic N) is 1. The van der Waals surface area contributed by atoms with Crippen LogP contribution in [0.15, 0.2) is 0 Å². The second kappa shape index (κ2) is 7.49. The van der Waals surface area contributed by atoms with Crippen molar-refractivity contribution in [3.8, 4) is 0 Å². The molecule has 1 aliphatic heterocycles. The van der Waals surface area contributed by atoms with Gasteiger partial charge < -0.3 is 15.0 Å². The monoisotopic (exact) mass is 228 g/mol. The van der Waals surface area contributed by atoms with Gasteiger partial charge in [0.05, 0.1) is 0 Å². The van der Waals surface area contributed by atoms with E-state index in [9.17, 15) is 4.79 Å². The van der Waals surface area contributed by atoms with Gasteiger partial charge in [-0.1, -0.05) is 6.92 Å². The summed E-state index contributed by atoms with van der Waals surface area (Å²) >= 11 is 0. The van der Waals surface area contributed by atoms with E-state index < -0.39 is 0 Å². The van der Waals surface area contributed by atoms with E-state index in [4.69, 9.17) is 4.74 Å². The van der Waals surface area contributed by atoms with Gasteiger partial charge in [-0.2, -0.15) is 0 Å². The van der Waals surface area contributed by atoms with E-state index in [0.717, 1.165) is 39.1 Å². The van der Waals surface area contributed by atoms with Crippen molar-refractivity contribution in [3.63, 3.8) is 0 Å². The first-order valence-electron chi connectivity index (χ1n) is 6.34. The Morgan fingerprint density at radius 3 is 3.06 bits per heavy atom. The van der Waals surface area contributed by atoms with Gasteiger partial charge in [-0.05, 0) is 32.1 Å². The first-order valence-corrected chi connectivity index (χ1v) is 6.34. The first kappa shape index (κ1) is 13.3. The van der Waals surface area contributed by atoms with Crippen molar-refractivity contribution in [2.24, 2.45) is 5.92 Å². The van der Waals surface area contributed by atoms with Crippen LogP contribution in [0.25, 0.3) is 0 Å². The molecule has 4 heteroatoms. The molecule has 1 heterocycles. The molecule has 0 aliphatic carbocycles. The second-order valence-corrected chi connectivity index (χ2v) is 4.48. The fraction of sp³-hybridized carbons (Fsp3) is 0.917. The minimum Gasteiger partial charge on any atom is -0.382 e. The lowest BCUT2D eigenvalue weighted by Crippen LogP contribution is -2.45. The number of nitrogens with one attached hydrogen (secondary N) is 1. The molecule has 0 aromatic carbocycles. The molecule has 0 saturated carbocycles. The zero-order valence-corrected chi connectivity index (χ0v) is 10.5. The Hall–Kier alpha value is -0.770. The zero-order chi connectivity index (χ0) is 11.8.